The lowest BCUT2D eigenvalue weighted by Gasteiger charge is -2.26. The Kier molecular flexibility index (Phi) is 8.93. The molecule has 12 heteroatoms. The summed E-state index contributed by atoms with van der Waals surface area (Å²) >= 11 is 1.71. The van der Waals surface area contributed by atoms with E-state index in [-0.39, 0.29) is 10.7 Å². The van der Waals surface area contributed by atoms with Gasteiger partial charge in [-0.05, 0) is 0 Å². The predicted molar refractivity (Wildman–Crippen MR) is 72.9 cm³/mol. The molecule has 0 heterocycles. The Balaban J connectivity index is 4.55. The topological polar surface area (TPSA) is 174 Å². The van der Waals surface area contributed by atoms with Gasteiger partial charge in [0, 0.05) is 0 Å². The molecule has 118 valence electrons. The average Bonchev–Trinajstić information content (AvgIpc) is 2.39. The Morgan fingerprint density at radius 2 is 1.85 bits per heavy atom. The number of hydrogen-bond acceptors (Lipinski definition) is 7. The Morgan fingerprint density at radius 3 is 2.25 bits per heavy atom. The largest absolute Gasteiger partial charge is 0.469 e. The first kappa shape index (κ1) is 19.9. The van der Waals surface area contributed by atoms with Gasteiger partial charge >= 0.3 is 7.82 Å². The van der Waals surface area contributed by atoms with Crippen LogP contribution >= 0.6 is 30.4 Å². The molecule has 0 saturated heterocycles. The molecule has 0 aliphatic carbocycles. The van der Waals surface area contributed by atoms with Crippen LogP contribution in [0.1, 0.15) is 0 Å². The number of hydrogen-bond donors (Lipinski definition) is 6. The molecule has 1 amide bonds. The van der Waals surface area contributed by atoms with E-state index in [1.165, 1.54) is 0 Å². The zero-order valence-corrected chi connectivity index (χ0v) is 13.0. The Morgan fingerprint density at radius 1 is 1.30 bits per heavy atom. The molecule has 0 saturated carbocycles. The Hall–Kier alpha value is -0.140. The van der Waals surface area contributed by atoms with Crippen LogP contribution in [0.3, 0.4) is 0 Å². The standard InChI is InChI=1S/C8H15INO9P/c9-1-6(13)10-4(2-11)7(14)8(15)5(12)3-19-20(16,17)18/h2,4-5,7-8,12,14-15H,1,3H2,(H,10,13)(H2,16,17,18)/t4-,5+,7+,8+/m0/s1. The summed E-state index contributed by atoms with van der Waals surface area (Å²) in [4.78, 5) is 38.6. The second-order valence-corrected chi connectivity index (χ2v) is 5.70. The summed E-state index contributed by atoms with van der Waals surface area (Å²) in [5.41, 5.74) is 0. The van der Waals surface area contributed by atoms with Gasteiger partial charge in [0.25, 0.3) is 0 Å². The molecule has 0 aliphatic heterocycles. The summed E-state index contributed by atoms with van der Waals surface area (Å²) in [5, 5.41) is 30.6. The number of aliphatic hydroxyl groups excluding tert-OH is 3. The van der Waals surface area contributed by atoms with E-state index in [0.717, 1.165) is 0 Å². The van der Waals surface area contributed by atoms with Gasteiger partial charge in [-0.3, -0.25) is 9.32 Å². The molecule has 0 fully saturated rings. The van der Waals surface area contributed by atoms with E-state index >= 15 is 0 Å². The SMILES string of the molecule is O=C[C@H](NC(=O)CI)[C@@H](O)[C@H](O)[C@H](O)COP(=O)(O)O. The monoisotopic (exact) mass is 427 g/mol. The van der Waals surface area contributed by atoms with E-state index in [0.29, 0.717) is 0 Å². The molecule has 10 nitrogen and oxygen atoms in total. The fourth-order valence-electron chi connectivity index (χ4n) is 1.14. The van der Waals surface area contributed by atoms with Crippen molar-refractivity contribution >= 4 is 42.6 Å². The smallest absolute Gasteiger partial charge is 0.388 e. The number of amides is 1. The minimum absolute atomic E-state index is 0.00872. The van der Waals surface area contributed by atoms with Crippen molar-refractivity contribution in [2.75, 3.05) is 11.0 Å². The van der Waals surface area contributed by atoms with Crippen LogP contribution in [0.15, 0.2) is 0 Å². The highest BCUT2D eigenvalue weighted by atomic mass is 127. The Labute approximate surface area is 127 Å². The molecule has 6 N–H and O–H groups in total. The van der Waals surface area contributed by atoms with Gasteiger partial charge in [-0.1, -0.05) is 22.6 Å². The maximum absolute atomic E-state index is 11.1. The van der Waals surface area contributed by atoms with E-state index in [1.54, 1.807) is 22.6 Å². The maximum Gasteiger partial charge on any atom is 0.469 e. The third-order valence-corrected chi connectivity index (χ3v) is 3.30. The van der Waals surface area contributed by atoms with Crippen LogP contribution in [0, 0.1) is 0 Å². The Bertz CT molecular complexity index is 375. The summed E-state index contributed by atoms with van der Waals surface area (Å²) in [6, 6.07) is -1.48. The molecule has 0 bridgehead atoms. The van der Waals surface area contributed by atoms with Crippen molar-refractivity contribution < 1.29 is 43.8 Å². The number of carbonyl (C=O) groups excluding carboxylic acids is 2. The third-order valence-electron chi connectivity index (χ3n) is 2.12. The van der Waals surface area contributed by atoms with E-state index in [4.69, 9.17) is 9.79 Å². The second-order valence-electron chi connectivity index (χ2n) is 3.70. The van der Waals surface area contributed by atoms with Crippen molar-refractivity contribution in [2.45, 2.75) is 24.4 Å². The number of phosphoric ester groups is 1. The van der Waals surface area contributed by atoms with Crippen LogP contribution in [0.2, 0.25) is 0 Å². The molecule has 0 unspecified atom stereocenters. The number of alkyl halides is 1. The first-order chi connectivity index (χ1) is 9.12. The second kappa shape index (κ2) is 9.00. The maximum atomic E-state index is 11.1. The van der Waals surface area contributed by atoms with Crippen LogP contribution < -0.4 is 5.32 Å². The molecule has 0 spiro atoms. The summed E-state index contributed by atoms with van der Waals surface area (Å²) in [6.07, 6.45) is -5.52. The van der Waals surface area contributed by atoms with Gasteiger partial charge in [-0.15, -0.1) is 0 Å². The van der Waals surface area contributed by atoms with Crippen LogP contribution in [-0.4, -0.2) is 72.7 Å². The summed E-state index contributed by atoms with van der Waals surface area (Å²) in [6.45, 7) is -0.964. The molecule has 0 rings (SSSR count). The first-order valence-corrected chi connectivity index (χ1v) is 8.23. The van der Waals surface area contributed by atoms with Crippen molar-refractivity contribution in [2.24, 2.45) is 0 Å². The highest BCUT2D eigenvalue weighted by Crippen LogP contribution is 2.35. The third kappa shape index (κ3) is 7.59. The molecule has 4 atom stereocenters. The van der Waals surface area contributed by atoms with Crippen molar-refractivity contribution in [1.82, 2.24) is 5.32 Å². The van der Waals surface area contributed by atoms with Gasteiger partial charge in [0.15, 0.2) is 0 Å². The predicted octanol–water partition coefficient (Wildman–Crippen LogP) is -2.70. The van der Waals surface area contributed by atoms with E-state index in [2.05, 4.69) is 9.84 Å². The molecule has 0 aromatic carbocycles. The zero-order valence-electron chi connectivity index (χ0n) is 10.00. The number of carbonyl (C=O) groups is 2. The molecule has 0 aromatic heterocycles. The van der Waals surface area contributed by atoms with Gasteiger partial charge in [0.2, 0.25) is 5.91 Å². The summed E-state index contributed by atoms with van der Waals surface area (Å²) in [7, 11) is -4.84. The number of rotatable bonds is 9. The lowest BCUT2D eigenvalue weighted by molar-refractivity contribution is -0.129. The molecular weight excluding hydrogens is 412 g/mol. The van der Waals surface area contributed by atoms with Gasteiger partial charge < -0.3 is 35.2 Å². The molecule has 0 radical (unpaired) electrons. The molecule has 0 aromatic rings. The highest BCUT2D eigenvalue weighted by Gasteiger charge is 2.33. The minimum atomic E-state index is -4.84. The van der Waals surface area contributed by atoms with Crippen molar-refractivity contribution in [1.29, 1.82) is 0 Å². The van der Waals surface area contributed by atoms with Crippen molar-refractivity contribution in [3.05, 3.63) is 0 Å². The summed E-state index contributed by atoms with van der Waals surface area (Å²) in [5.74, 6) is -0.574. The van der Waals surface area contributed by atoms with Gasteiger partial charge in [0.05, 0.1) is 11.0 Å². The number of aldehydes is 1. The van der Waals surface area contributed by atoms with E-state index in [9.17, 15) is 29.5 Å². The van der Waals surface area contributed by atoms with E-state index < -0.39 is 44.7 Å². The first-order valence-electron chi connectivity index (χ1n) is 5.17. The van der Waals surface area contributed by atoms with Gasteiger partial charge in [-0.2, -0.15) is 0 Å². The lowest BCUT2D eigenvalue weighted by atomic mass is 10.0. The molecule has 0 aliphatic rings. The van der Waals surface area contributed by atoms with E-state index in [1.807, 2.05) is 0 Å². The number of nitrogens with one attached hydrogen (secondary N) is 1. The molecule has 20 heavy (non-hydrogen) atoms. The van der Waals surface area contributed by atoms with Crippen LogP contribution in [-0.2, 0) is 18.7 Å². The number of phosphoric acid groups is 1. The quantitative estimate of drug-likeness (QED) is 0.0991. The van der Waals surface area contributed by atoms with Crippen molar-refractivity contribution in [3.8, 4) is 0 Å². The van der Waals surface area contributed by atoms with Gasteiger partial charge in [0.1, 0.15) is 30.6 Å². The van der Waals surface area contributed by atoms with Crippen molar-refractivity contribution in [3.63, 3.8) is 0 Å². The zero-order chi connectivity index (χ0) is 15.9. The molecular formula is C8H15INO9P. The highest BCUT2D eigenvalue weighted by molar-refractivity contribution is 14.1. The lowest BCUT2D eigenvalue weighted by Crippen LogP contribution is -2.53. The minimum Gasteiger partial charge on any atom is -0.388 e. The fourth-order valence-corrected chi connectivity index (χ4v) is 1.70. The van der Waals surface area contributed by atoms with Crippen LogP contribution in [0.5, 0.6) is 0 Å². The van der Waals surface area contributed by atoms with Gasteiger partial charge in [-0.25, -0.2) is 4.57 Å². The summed E-state index contributed by atoms with van der Waals surface area (Å²) < 4.78 is 14.4. The normalized spacial score (nSPS) is 17.9. The number of halogens is 1. The van der Waals surface area contributed by atoms with Crippen LogP contribution in [0.4, 0.5) is 0 Å². The van der Waals surface area contributed by atoms with Crippen LogP contribution in [0.25, 0.3) is 0 Å². The average molecular weight is 427 g/mol. The fraction of sp³-hybridized carbons (Fsp3) is 0.750. The number of aliphatic hydroxyl groups is 3.